The van der Waals surface area contributed by atoms with Gasteiger partial charge in [-0.15, -0.1) is 0 Å². The Bertz CT molecular complexity index is 1440. The maximum absolute atomic E-state index is 15.2. The first-order chi connectivity index (χ1) is 15.2. The van der Waals surface area contributed by atoms with Gasteiger partial charge in [0.05, 0.1) is 11.9 Å². The lowest BCUT2D eigenvalue weighted by atomic mass is 9.82. The smallest absolute Gasteiger partial charge is 0.149 e. The van der Waals surface area contributed by atoms with Gasteiger partial charge in [0.2, 0.25) is 0 Å². The molecule has 3 heteroatoms. The number of para-hydroxylation sites is 1. The zero-order valence-corrected chi connectivity index (χ0v) is 17.6. The second-order valence-corrected chi connectivity index (χ2v) is 8.85. The summed E-state index contributed by atoms with van der Waals surface area (Å²) in [6.45, 7) is 2.09. The molecule has 6 rings (SSSR count). The molecular weight excluding hydrogens is 385 g/mol. The van der Waals surface area contributed by atoms with Crippen LogP contribution in [0.15, 0.2) is 65.2 Å². The molecule has 0 bridgehead atoms. The Labute approximate surface area is 180 Å². The lowest BCUT2D eigenvalue weighted by molar-refractivity contribution is 0.445. The van der Waals surface area contributed by atoms with Crippen LogP contribution in [-0.2, 0) is 0 Å². The Morgan fingerprint density at radius 3 is 2.58 bits per heavy atom. The van der Waals surface area contributed by atoms with Gasteiger partial charge in [-0.2, -0.15) is 0 Å². The molecule has 0 aliphatic heterocycles. The highest BCUT2D eigenvalue weighted by molar-refractivity contribution is 6.12. The normalized spacial score (nSPS) is 15.3. The Morgan fingerprint density at radius 1 is 0.903 bits per heavy atom. The molecule has 2 nitrogen and oxygen atoms in total. The minimum atomic E-state index is -0.228. The highest BCUT2D eigenvalue weighted by Crippen LogP contribution is 2.42. The van der Waals surface area contributed by atoms with Gasteiger partial charge in [-0.3, -0.25) is 4.98 Å². The lowest BCUT2D eigenvalue weighted by Crippen LogP contribution is -2.06. The number of aromatic nitrogens is 1. The van der Waals surface area contributed by atoms with E-state index in [4.69, 9.17) is 4.42 Å². The van der Waals surface area contributed by atoms with E-state index in [2.05, 4.69) is 42.2 Å². The van der Waals surface area contributed by atoms with E-state index >= 15 is 4.39 Å². The number of hydrogen-bond acceptors (Lipinski definition) is 2. The third kappa shape index (κ3) is 2.95. The van der Waals surface area contributed by atoms with Gasteiger partial charge < -0.3 is 4.42 Å². The lowest BCUT2D eigenvalue weighted by Gasteiger charge is -2.24. The summed E-state index contributed by atoms with van der Waals surface area (Å²) in [5.74, 6) is 0.194. The number of rotatable bonds is 2. The largest absolute Gasteiger partial charge is 0.455 e. The standard InChI is InChI=1S/C28H24FNO/c1-17-14-22-20-10-5-6-13-25(20)31-28(22)23(15-17)27-21-12-7-11-19(18-8-3-2-4-9-18)26(21)24(29)16-30-27/h5-7,10-16,18H,2-4,8-9H2,1H3. The monoisotopic (exact) mass is 409 g/mol. The number of fused-ring (bicyclic) bond motifs is 4. The van der Waals surface area contributed by atoms with Crippen LogP contribution in [0.25, 0.3) is 44.0 Å². The first kappa shape index (κ1) is 18.6. The van der Waals surface area contributed by atoms with E-state index in [-0.39, 0.29) is 5.82 Å². The summed E-state index contributed by atoms with van der Waals surface area (Å²) in [4.78, 5) is 4.59. The van der Waals surface area contributed by atoms with Crippen molar-refractivity contribution in [1.82, 2.24) is 4.98 Å². The summed E-state index contributed by atoms with van der Waals surface area (Å²) in [6.07, 6.45) is 7.38. The number of benzene rings is 3. The molecule has 2 heterocycles. The van der Waals surface area contributed by atoms with Gasteiger partial charge >= 0.3 is 0 Å². The van der Waals surface area contributed by atoms with Crippen LogP contribution >= 0.6 is 0 Å². The third-order valence-corrected chi connectivity index (χ3v) is 6.82. The molecule has 0 unspecified atom stereocenters. The summed E-state index contributed by atoms with van der Waals surface area (Å²) in [5.41, 5.74) is 5.66. The van der Waals surface area contributed by atoms with Crippen LogP contribution in [-0.4, -0.2) is 4.98 Å². The highest BCUT2D eigenvalue weighted by Gasteiger charge is 2.22. The van der Waals surface area contributed by atoms with Gasteiger partial charge in [-0.05, 0) is 55.0 Å². The van der Waals surface area contributed by atoms with Gasteiger partial charge in [-0.25, -0.2) is 4.39 Å². The molecule has 0 saturated heterocycles. The first-order valence-electron chi connectivity index (χ1n) is 11.2. The molecule has 0 amide bonds. The molecule has 0 N–H and O–H groups in total. The highest BCUT2D eigenvalue weighted by atomic mass is 19.1. The maximum Gasteiger partial charge on any atom is 0.149 e. The van der Waals surface area contributed by atoms with Gasteiger partial charge in [-0.1, -0.05) is 55.7 Å². The molecule has 1 fully saturated rings. The van der Waals surface area contributed by atoms with E-state index in [0.717, 1.165) is 67.9 Å². The Balaban J connectivity index is 1.66. The SMILES string of the molecule is Cc1cc(-c2ncc(F)c3c(C4CCCCC4)cccc23)c2oc3ccccc3c2c1. The van der Waals surface area contributed by atoms with Crippen LogP contribution in [0.4, 0.5) is 4.39 Å². The zero-order chi connectivity index (χ0) is 20.9. The number of furan rings is 1. The molecule has 3 aromatic carbocycles. The molecule has 5 aromatic rings. The van der Waals surface area contributed by atoms with Crippen LogP contribution in [0.1, 0.15) is 49.1 Å². The first-order valence-corrected chi connectivity index (χ1v) is 11.2. The number of halogens is 1. The Kier molecular flexibility index (Phi) is 4.31. The van der Waals surface area contributed by atoms with Crippen molar-refractivity contribution in [3.63, 3.8) is 0 Å². The molecule has 1 aliphatic rings. The zero-order valence-electron chi connectivity index (χ0n) is 17.6. The Hall–Kier alpha value is -3.20. The van der Waals surface area contributed by atoms with Crippen LogP contribution in [0, 0.1) is 12.7 Å². The fraction of sp³-hybridized carbons (Fsp3) is 0.250. The molecule has 1 saturated carbocycles. The van der Waals surface area contributed by atoms with Crippen molar-refractivity contribution in [2.24, 2.45) is 0 Å². The Morgan fingerprint density at radius 2 is 1.71 bits per heavy atom. The van der Waals surface area contributed by atoms with E-state index in [0.29, 0.717) is 5.92 Å². The molecule has 2 aromatic heterocycles. The minimum absolute atomic E-state index is 0.228. The number of aryl methyl sites for hydroxylation is 1. The van der Waals surface area contributed by atoms with Crippen molar-refractivity contribution < 1.29 is 8.81 Å². The minimum Gasteiger partial charge on any atom is -0.455 e. The average molecular weight is 410 g/mol. The molecule has 1 aliphatic carbocycles. The van der Waals surface area contributed by atoms with E-state index in [1.165, 1.54) is 25.5 Å². The fourth-order valence-corrected chi connectivity index (χ4v) is 5.41. The van der Waals surface area contributed by atoms with E-state index < -0.39 is 0 Å². The van der Waals surface area contributed by atoms with Crippen molar-refractivity contribution in [2.45, 2.75) is 44.9 Å². The van der Waals surface area contributed by atoms with Crippen molar-refractivity contribution in [1.29, 1.82) is 0 Å². The molecule has 0 atom stereocenters. The maximum atomic E-state index is 15.2. The average Bonchev–Trinajstić information content (AvgIpc) is 3.18. The summed E-state index contributed by atoms with van der Waals surface area (Å²) in [6, 6.07) is 18.5. The van der Waals surface area contributed by atoms with Gasteiger partial charge in [0.25, 0.3) is 0 Å². The summed E-state index contributed by atoms with van der Waals surface area (Å²) in [5, 5.41) is 3.77. The molecule has 0 radical (unpaired) electrons. The second-order valence-electron chi connectivity index (χ2n) is 8.85. The molecule has 154 valence electrons. The van der Waals surface area contributed by atoms with Crippen LogP contribution < -0.4 is 0 Å². The van der Waals surface area contributed by atoms with Crippen LogP contribution in [0.2, 0.25) is 0 Å². The van der Waals surface area contributed by atoms with Gasteiger partial charge in [0.15, 0.2) is 0 Å². The van der Waals surface area contributed by atoms with E-state index in [1.807, 2.05) is 24.3 Å². The fourth-order valence-electron chi connectivity index (χ4n) is 5.41. The molecule has 0 spiro atoms. The third-order valence-electron chi connectivity index (χ3n) is 6.82. The number of pyridine rings is 1. The second kappa shape index (κ2) is 7.19. The van der Waals surface area contributed by atoms with Crippen molar-refractivity contribution in [3.05, 3.63) is 77.7 Å². The topological polar surface area (TPSA) is 26.0 Å². The predicted molar refractivity (Wildman–Crippen MR) is 125 cm³/mol. The summed E-state index contributed by atoms with van der Waals surface area (Å²) in [7, 11) is 0. The van der Waals surface area contributed by atoms with Gasteiger partial charge in [0, 0.05) is 27.1 Å². The van der Waals surface area contributed by atoms with Crippen molar-refractivity contribution in [2.75, 3.05) is 0 Å². The molecular formula is C28H24FNO. The van der Waals surface area contributed by atoms with E-state index in [1.54, 1.807) is 0 Å². The molecule has 31 heavy (non-hydrogen) atoms. The number of nitrogens with zero attached hydrogens (tertiary/aromatic N) is 1. The van der Waals surface area contributed by atoms with Gasteiger partial charge in [0.1, 0.15) is 17.0 Å². The summed E-state index contributed by atoms with van der Waals surface area (Å²) < 4.78 is 21.5. The summed E-state index contributed by atoms with van der Waals surface area (Å²) >= 11 is 0. The predicted octanol–water partition coefficient (Wildman–Crippen LogP) is 8.30. The van der Waals surface area contributed by atoms with Crippen LogP contribution in [0.3, 0.4) is 0 Å². The number of hydrogen-bond donors (Lipinski definition) is 0. The van der Waals surface area contributed by atoms with Crippen molar-refractivity contribution >= 4 is 32.7 Å². The van der Waals surface area contributed by atoms with Crippen LogP contribution in [0.5, 0.6) is 0 Å². The van der Waals surface area contributed by atoms with E-state index in [9.17, 15) is 0 Å². The van der Waals surface area contributed by atoms with Crippen molar-refractivity contribution in [3.8, 4) is 11.3 Å². The quantitative estimate of drug-likeness (QED) is 0.293.